The number of amides is 1. The van der Waals surface area contributed by atoms with Gasteiger partial charge >= 0.3 is 0 Å². The molecule has 3 aromatic rings. The van der Waals surface area contributed by atoms with Gasteiger partial charge in [0.2, 0.25) is 0 Å². The number of halogens is 2. The lowest BCUT2D eigenvalue weighted by molar-refractivity contribution is 0.0589. The van der Waals surface area contributed by atoms with Crippen LogP contribution in [-0.4, -0.2) is 45.3 Å². The first kappa shape index (κ1) is 24.0. The summed E-state index contributed by atoms with van der Waals surface area (Å²) in [5.74, 6) is 2.43. The summed E-state index contributed by atoms with van der Waals surface area (Å²) in [7, 11) is 4.81. The highest BCUT2D eigenvalue weighted by Crippen LogP contribution is 2.39. The van der Waals surface area contributed by atoms with E-state index in [4.69, 9.17) is 42.1 Å². The predicted octanol–water partition coefficient (Wildman–Crippen LogP) is 5.84. The van der Waals surface area contributed by atoms with Crippen molar-refractivity contribution in [1.29, 1.82) is 0 Å². The molecule has 8 heteroatoms. The van der Waals surface area contributed by atoms with Gasteiger partial charge in [-0.25, -0.2) is 0 Å². The molecule has 0 spiro atoms. The van der Waals surface area contributed by atoms with Crippen LogP contribution in [0.15, 0.2) is 54.6 Å². The third kappa shape index (κ3) is 4.88. The van der Waals surface area contributed by atoms with Crippen molar-refractivity contribution >= 4 is 29.1 Å². The van der Waals surface area contributed by atoms with Crippen LogP contribution < -0.4 is 18.9 Å². The van der Waals surface area contributed by atoms with Crippen molar-refractivity contribution in [1.82, 2.24) is 4.90 Å². The lowest BCUT2D eigenvalue weighted by atomic mass is 9.91. The van der Waals surface area contributed by atoms with Crippen LogP contribution in [0.1, 0.15) is 27.5 Å². The molecule has 1 heterocycles. The summed E-state index contributed by atoms with van der Waals surface area (Å²) >= 11 is 12.5. The topological polar surface area (TPSA) is 57.2 Å². The number of hydrogen-bond acceptors (Lipinski definition) is 5. The molecule has 1 amide bonds. The van der Waals surface area contributed by atoms with Gasteiger partial charge in [0.25, 0.3) is 5.91 Å². The van der Waals surface area contributed by atoms with Gasteiger partial charge in [-0.1, -0.05) is 23.2 Å². The Morgan fingerprint density at radius 1 is 0.912 bits per heavy atom. The molecule has 0 N–H and O–H groups in total. The van der Waals surface area contributed by atoms with Crippen molar-refractivity contribution in [3.63, 3.8) is 0 Å². The van der Waals surface area contributed by atoms with Gasteiger partial charge in [0.15, 0.2) is 11.5 Å². The van der Waals surface area contributed by atoms with Crippen LogP contribution in [0.4, 0.5) is 0 Å². The number of carbonyl (C=O) groups is 1. The fourth-order valence-electron chi connectivity index (χ4n) is 4.11. The van der Waals surface area contributed by atoms with Gasteiger partial charge in [-0.05, 0) is 72.1 Å². The molecule has 0 aromatic heterocycles. The molecule has 0 saturated carbocycles. The maximum atomic E-state index is 13.6. The molecular weight excluding hydrogens is 477 g/mol. The smallest absolute Gasteiger partial charge is 0.256 e. The van der Waals surface area contributed by atoms with E-state index in [1.54, 1.807) is 44.4 Å². The molecule has 0 fully saturated rings. The van der Waals surface area contributed by atoms with Crippen molar-refractivity contribution in [2.24, 2.45) is 0 Å². The van der Waals surface area contributed by atoms with E-state index in [9.17, 15) is 4.79 Å². The molecule has 0 saturated heterocycles. The first-order valence-corrected chi connectivity index (χ1v) is 11.5. The normalized spacial score (nSPS) is 14.9. The highest BCUT2D eigenvalue weighted by molar-refractivity contribution is 6.35. The highest BCUT2D eigenvalue weighted by Gasteiger charge is 2.34. The molecule has 0 bridgehead atoms. The minimum absolute atomic E-state index is 0.212. The summed E-state index contributed by atoms with van der Waals surface area (Å²) in [6, 6.07) is 15.7. The first-order valence-electron chi connectivity index (χ1n) is 10.7. The standard InChI is InChI=1S/C26H25Cl2NO5/c1-31-18-5-7-19(8-6-18)34-15-23-20-14-25(33-3)24(32-2)12-16(20)10-11-29(23)26(30)21-13-17(27)4-9-22(21)28/h4-9,12-14,23H,10-11,15H2,1-3H3. The Hall–Kier alpha value is -3.09. The zero-order valence-corrected chi connectivity index (χ0v) is 20.7. The molecule has 1 unspecified atom stereocenters. The highest BCUT2D eigenvalue weighted by atomic mass is 35.5. The van der Waals surface area contributed by atoms with Crippen molar-refractivity contribution in [3.05, 3.63) is 81.3 Å². The second-order valence-corrected chi connectivity index (χ2v) is 8.62. The molecule has 1 aliphatic rings. The predicted molar refractivity (Wildman–Crippen MR) is 132 cm³/mol. The number of nitrogens with zero attached hydrogens (tertiary/aromatic N) is 1. The van der Waals surface area contributed by atoms with Crippen LogP contribution in [0, 0.1) is 0 Å². The van der Waals surface area contributed by atoms with Crippen molar-refractivity contribution < 1.29 is 23.7 Å². The molecule has 178 valence electrons. The Morgan fingerprint density at radius 2 is 1.59 bits per heavy atom. The van der Waals surface area contributed by atoms with Crippen molar-refractivity contribution in [3.8, 4) is 23.0 Å². The van der Waals surface area contributed by atoms with E-state index < -0.39 is 0 Å². The molecule has 3 aromatic carbocycles. The van der Waals surface area contributed by atoms with Crippen LogP contribution in [-0.2, 0) is 6.42 Å². The second kappa shape index (κ2) is 10.5. The molecule has 34 heavy (non-hydrogen) atoms. The van der Waals surface area contributed by atoms with E-state index in [0.29, 0.717) is 45.8 Å². The van der Waals surface area contributed by atoms with E-state index in [1.807, 2.05) is 36.4 Å². The van der Waals surface area contributed by atoms with Gasteiger partial charge in [0, 0.05) is 11.6 Å². The average Bonchev–Trinajstić information content (AvgIpc) is 2.87. The zero-order valence-electron chi connectivity index (χ0n) is 19.1. The maximum absolute atomic E-state index is 13.6. The summed E-state index contributed by atoms with van der Waals surface area (Å²) < 4.78 is 22.4. The fourth-order valence-corrected chi connectivity index (χ4v) is 4.48. The van der Waals surface area contributed by atoms with Gasteiger partial charge < -0.3 is 23.8 Å². The number of benzene rings is 3. The van der Waals surface area contributed by atoms with Crippen molar-refractivity contribution in [2.75, 3.05) is 34.5 Å². The SMILES string of the molecule is COc1ccc(OCC2c3cc(OC)c(OC)cc3CCN2C(=O)c2cc(Cl)ccc2Cl)cc1. The molecule has 0 radical (unpaired) electrons. The zero-order chi connectivity index (χ0) is 24.2. The van der Waals surface area contributed by atoms with E-state index >= 15 is 0 Å². The summed E-state index contributed by atoms with van der Waals surface area (Å²) in [5, 5.41) is 0.796. The molecule has 0 aliphatic carbocycles. The number of hydrogen-bond donors (Lipinski definition) is 0. The van der Waals surface area contributed by atoms with E-state index in [-0.39, 0.29) is 18.6 Å². The number of carbonyl (C=O) groups excluding carboxylic acids is 1. The third-order valence-corrected chi connectivity index (χ3v) is 6.45. The van der Waals surface area contributed by atoms with E-state index in [0.717, 1.165) is 16.9 Å². The van der Waals surface area contributed by atoms with Gasteiger partial charge in [-0.15, -0.1) is 0 Å². The van der Waals surface area contributed by atoms with Crippen LogP contribution >= 0.6 is 23.2 Å². The van der Waals surface area contributed by atoms with Gasteiger partial charge in [-0.2, -0.15) is 0 Å². The Bertz CT molecular complexity index is 1180. The second-order valence-electron chi connectivity index (χ2n) is 7.78. The van der Waals surface area contributed by atoms with Gasteiger partial charge in [0.05, 0.1) is 38.0 Å². The van der Waals surface area contributed by atoms with Gasteiger partial charge in [-0.3, -0.25) is 4.79 Å². The van der Waals surface area contributed by atoms with E-state index in [1.165, 1.54) is 0 Å². The Balaban J connectivity index is 1.71. The largest absolute Gasteiger partial charge is 0.497 e. The summed E-state index contributed by atoms with van der Waals surface area (Å²) in [6.45, 7) is 0.722. The maximum Gasteiger partial charge on any atom is 0.256 e. The molecule has 4 rings (SSSR count). The van der Waals surface area contributed by atoms with Crippen LogP contribution in [0.3, 0.4) is 0 Å². The molecular formula is C26H25Cl2NO5. The van der Waals surface area contributed by atoms with Crippen LogP contribution in [0.25, 0.3) is 0 Å². The monoisotopic (exact) mass is 501 g/mol. The summed E-state index contributed by atoms with van der Waals surface area (Å²) in [6.07, 6.45) is 0.651. The fraction of sp³-hybridized carbons (Fsp3) is 0.269. The summed E-state index contributed by atoms with van der Waals surface area (Å²) in [4.78, 5) is 15.4. The van der Waals surface area contributed by atoms with Crippen molar-refractivity contribution in [2.45, 2.75) is 12.5 Å². The molecule has 1 atom stereocenters. The average molecular weight is 502 g/mol. The Labute approximate surface area is 208 Å². The number of fused-ring (bicyclic) bond motifs is 1. The summed E-state index contributed by atoms with van der Waals surface area (Å²) in [5.41, 5.74) is 2.36. The minimum atomic E-state index is -0.381. The van der Waals surface area contributed by atoms with Crippen LogP contribution in [0.2, 0.25) is 10.0 Å². The number of ether oxygens (including phenoxy) is 4. The first-order chi connectivity index (χ1) is 16.4. The lowest BCUT2D eigenvalue weighted by Gasteiger charge is -2.38. The molecule has 1 aliphatic heterocycles. The number of rotatable bonds is 7. The lowest BCUT2D eigenvalue weighted by Crippen LogP contribution is -2.42. The van der Waals surface area contributed by atoms with Crippen LogP contribution in [0.5, 0.6) is 23.0 Å². The molecule has 6 nitrogen and oxygen atoms in total. The third-order valence-electron chi connectivity index (χ3n) is 5.89. The van der Waals surface area contributed by atoms with Gasteiger partial charge in [0.1, 0.15) is 18.1 Å². The number of methoxy groups -OCH3 is 3. The Morgan fingerprint density at radius 3 is 2.26 bits per heavy atom. The quantitative estimate of drug-likeness (QED) is 0.407. The minimum Gasteiger partial charge on any atom is -0.497 e. The Kier molecular flexibility index (Phi) is 7.39. The van der Waals surface area contributed by atoms with E-state index in [2.05, 4.69) is 0 Å².